The number of carbonyl (C=O) groups is 1. The van der Waals surface area contributed by atoms with Crippen LogP contribution < -0.4 is 0 Å². The Kier molecular flexibility index (Phi) is 2.84. The summed E-state index contributed by atoms with van der Waals surface area (Å²) in [6, 6.07) is 9.71. The second kappa shape index (κ2) is 4.50. The van der Waals surface area contributed by atoms with Gasteiger partial charge in [-0.15, -0.1) is 0 Å². The predicted octanol–water partition coefficient (Wildman–Crippen LogP) is 2.84. The molecule has 0 aliphatic heterocycles. The third-order valence-electron chi connectivity index (χ3n) is 3.44. The maximum atomic E-state index is 12.3. The fraction of sp³-hybridized carbons (Fsp3) is 0.333. The SMILES string of the molecule is COC(C(=O)c1cnc2ccccc2c1)C1CC1. The molecule has 18 heavy (non-hydrogen) atoms. The molecule has 0 spiro atoms. The summed E-state index contributed by atoms with van der Waals surface area (Å²) in [7, 11) is 1.61. The number of fused-ring (bicyclic) bond motifs is 1. The lowest BCUT2D eigenvalue weighted by Crippen LogP contribution is -2.25. The molecule has 0 N–H and O–H groups in total. The highest BCUT2D eigenvalue weighted by molar-refractivity contribution is 6.02. The summed E-state index contributed by atoms with van der Waals surface area (Å²) in [6.07, 6.45) is 3.53. The van der Waals surface area contributed by atoms with E-state index in [1.807, 2.05) is 30.3 Å². The molecule has 1 saturated carbocycles. The normalized spacial score (nSPS) is 16.7. The molecule has 0 radical (unpaired) electrons. The minimum atomic E-state index is -0.298. The van der Waals surface area contributed by atoms with Gasteiger partial charge in [-0.05, 0) is 30.9 Å². The summed E-state index contributed by atoms with van der Waals surface area (Å²) in [5.41, 5.74) is 1.56. The highest BCUT2D eigenvalue weighted by atomic mass is 16.5. The molecule has 1 aliphatic carbocycles. The minimum absolute atomic E-state index is 0.0539. The zero-order chi connectivity index (χ0) is 12.5. The van der Waals surface area contributed by atoms with E-state index in [0.717, 1.165) is 23.7 Å². The lowest BCUT2D eigenvalue weighted by atomic mass is 10.0. The molecule has 3 nitrogen and oxygen atoms in total. The monoisotopic (exact) mass is 241 g/mol. The second-order valence-electron chi connectivity index (χ2n) is 4.77. The Labute approximate surface area is 106 Å². The maximum Gasteiger partial charge on any atom is 0.193 e. The first-order valence-corrected chi connectivity index (χ1v) is 6.21. The molecule has 1 aliphatic rings. The van der Waals surface area contributed by atoms with Crippen LogP contribution in [0.2, 0.25) is 0 Å². The van der Waals surface area contributed by atoms with E-state index in [-0.39, 0.29) is 11.9 Å². The Morgan fingerprint density at radius 1 is 1.39 bits per heavy atom. The average molecular weight is 241 g/mol. The van der Waals surface area contributed by atoms with Gasteiger partial charge in [0.1, 0.15) is 6.10 Å². The van der Waals surface area contributed by atoms with E-state index < -0.39 is 0 Å². The molecule has 1 atom stereocenters. The Balaban J connectivity index is 1.95. The molecule has 2 aromatic rings. The molecule has 1 aromatic heterocycles. The predicted molar refractivity (Wildman–Crippen MR) is 69.6 cm³/mol. The van der Waals surface area contributed by atoms with E-state index in [4.69, 9.17) is 4.74 Å². The Morgan fingerprint density at radius 3 is 2.89 bits per heavy atom. The Bertz CT molecular complexity index is 590. The molecule has 1 aromatic carbocycles. The van der Waals surface area contributed by atoms with E-state index in [1.54, 1.807) is 13.3 Å². The van der Waals surface area contributed by atoms with Crippen LogP contribution in [0.4, 0.5) is 0 Å². The molecule has 0 bridgehead atoms. The van der Waals surface area contributed by atoms with Gasteiger partial charge in [-0.3, -0.25) is 9.78 Å². The molecule has 1 fully saturated rings. The smallest absolute Gasteiger partial charge is 0.193 e. The third-order valence-corrected chi connectivity index (χ3v) is 3.44. The zero-order valence-electron chi connectivity index (χ0n) is 10.3. The van der Waals surface area contributed by atoms with Crippen molar-refractivity contribution in [3.63, 3.8) is 0 Å². The number of carbonyl (C=O) groups excluding carboxylic acids is 1. The molecular formula is C15H15NO2. The lowest BCUT2D eigenvalue weighted by Gasteiger charge is -2.13. The maximum absolute atomic E-state index is 12.3. The third kappa shape index (κ3) is 2.02. The van der Waals surface area contributed by atoms with Crippen LogP contribution in [0.1, 0.15) is 23.2 Å². The molecule has 3 heteroatoms. The van der Waals surface area contributed by atoms with Gasteiger partial charge in [-0.2, -0.15) is 0 Å². The number of nitrogens with zero attached hydrogens (tertiary/aromatic N) is 1. The van der Waals surface area contributed by atoms with Crippen LogP contribution in [-0.2, 0) is 4.74 Å². The standard InChI is InChI=1S/C15H15NO2/c1-18-15(10-6-7-10)14(17)12-8-11-4-2-3-5-13(11)16-9-12/h2-5,8-10,15H,6-7H2,1H3. The van der Waals surface area contributed by atoms with Crippen molar-refractivity contribution < 1.29 is 9.53 Å². The van der Waals surface area contributed by atoms with Crippen LogP contribution in [0.25, 0.3) is 10.9 Å². The van der Waals surface area contributed by atoms with Gasteiger partial charge in [0.05, 0.1) is 5.52 Å². The van der Waals surface area contributed by atoms with Crippen LogP contribution in [0.15, 0.2) is 36.5 Å². The molecule has 0 amide bonds. The van der Waals surface area contributed by atoms with Crippen molar-refractivity contribution in [2.24, 2.45) is 5.92 Å². The number of hydrogen-bond acceptors (Lipinski definition) is 3. The van der Waals surface area contributed by atoms with Crippen molar-refractivity contribution in [3.8, 4) is 0 Å². The van der Waals surface area contributed by atoms with E-state index in [1.165, 1.54) is 0 Å². The van der Waals surface area contributed by atoms with Crippen molar-refractivity contribution in [2.75, 3.05) is 7.11 Å². The lowest BCUT2D eigenvalue weighted by molar-refractivity contribution is 0.0539. The van der Waals surface area contributed by atoms with E-state index in [9.17, 15) is 4.79 Å². The molecular weight excluding hydrogens is 226 g/mol. The quantitative estimate of drug-likeness (QED) is 0.773. The van der Waals surface area contributed by atoms with Crippen molar-refractivity contribution in [3.05, 3.63) is 42.1 Å². The number of para-hydroxylation sites is 1. The highest BCUT2D eigenvalue weighted by Crippen LogP contribution is 2.35. The topological polar surface area (TPSA) is 39.2 Å². The number of ketones is 1. The zero-order valence-corrected chi connectivity index (χ0v) is 10.3. The molecule has 3 rings (SSSR count). The first-order chi connectivity index (χ1) is 8.79. The van der Waals surface area contributed by atoms with Gasteiger partial charge in [-0.25, -0.2) is 0 Å². The molecule has 0 saturated heterocycles. The number of ether oxygens (including phenoxy) is 1. The summed E-state index contributed by atoms with van der Waals surface area (Å²) in [5.74, 6) is 0.451. The van der Waals surface area contributed by atoms with Gasteiger partial charge < -0.3 is 4.74 Å². The van der Waals surface area contributed by atoms with Crippen LogP contribution >= 0.6 is 0 Å². The van der Waals surface area contributed by atoms with Crippen LogP contribution in [0, 0.1) is 5.92 Å². The van der Waals surface area contributed by atoms with Gasteiger partial charge in [0.15, 0.2) is 5.78 Å². The van der Waals surface area contributed by atoms with Crippen molar-refractivity contribution in [1.29, 1.82) is 0 Å². The fourth-order valence-corrected chi connectivity index (χ4v) is 2.28. The highest BCUT2D eigenvalue weighted by Gasteiger charge is 2.36. The number of hydrogen-bond donors (Lipinski definition) is 0. The number of aromatic nitrogens is 1. The van der Waals surface area contributed by atoms with Crippen LogP contribution in [-0.4, -0.2) is 24.0 Å². The molecule has 92 valence electrons. The van der Waals surface area contributed by atoms with Crippen molar-refractivity contribution in [2.45, 2.75) is 18.9 Å². The first kappa shape index (κ1) is 11.4. The van der Waals surface area contributed by atoms with Gasteiger partial charge in [-0.1, -0.05) is 18.2 Å². The Hall–Kier alpha value is -1.74. The van der Waals surface area contributed by atoms with Crippen LogP contribution in [0.3, 0.4) is 0 Å². The van der Waals surface area contributed by atoms with E-state index >= 15 is 0 Å². The second-order valence-corrected chi connectivity index (χ2v) is 4.77. The van der Waals surface area contributed by atoms with Gasteiger partial charge in [0.2, 0.25) is 0 Å². The number of methoxy groups -OCH3 is 1. The van der Waals surface area contributed by atoms with Gasteiger partial charge in [0, 0.05) is 24.3 Å². The van der Waals surface area contributed by atoms with Crippen molar-refractivity contribution in [1.82, 2.24) is 4.98 Å². The summed E-state index contributed by atoms with van der Waals surface area (Å²) in [5, 5.41) is 0.994. The Morgan fingerprint density at radius 2 is 2.17 bits per heavy atom. The van der Waals surface area contributed by atoms with E-state index in [0.29, 0.717) is 11.5 Å². The summed E-state index contributed by atoms with van der Waals surface area (Å²) in [4.78, 5) is 16.7. The summed E-state index contributed by atoms with van der Waals surface area (Å²) >= 11 is 0. The first-order valence-electron chi connectivity index (χ1n) is 6.21. The minimum Gasteiger partial charge on any atom is -0.373 e. The molecule has 1 heterocycles. The van der Waals surface area contributed by atoms with E-state index in [2.05, 4.69) is 4.98 Å². The summed E-state index contributed by atoms with van der Waals surface area (Å²) in [6.45, 7) is 0. The number of Topliss-reactive ketones (excluding diaryl/α,β-unsaturated/α-hetero) is 1. The van der Waals surface area contributed by atoms with Gasteiger partial charge in [0.25, 0.3) is 0 Å². The number of benzene rings is 1. The van der Waals surface area contributed by atoms with Crippen molar-refractivity contribution >= 4 is 16.7 Å². The molecule has 1 unspecified atom stereocenters. The fourth-order valence-electron chi connectivity index (χ4n) is 2.28. The largest absolute Gasteiger partial charge is 0.373 e. The summed E-state index contributed by atoms with van der Waals surface area (Å²) < 4.78 is 5.33. The van der Waals surface area contributed by atoms with Gasteiger partial charge >= 0.3 is 0 Å². The average Bonchev–Trinajstić information content (AvgIpc) is 3.23. The van der Waals surface area contributed by atoms with Crippen LogP contribution in [0.5, 0.6) is 0 Å². The number of rotatable bonds is 4. The number of pyridine rings is 1.